The Balaban J connectivity index is 2.46. The Morgan fingerprint density at radius 2 is 1.56 bits per heavy atom. The third-order valence-corrected chi connectivity index (χ3v) is 4.67. The molecule has 0 aliphatic rings. The van der Waals surface area contributed by atoms with Gasteiger partial charge in [0.1, 0.15) is 7.80 Å². The van der Waals surface area contributed by atoms with E-state index in [1.807, 2.05) is 30.3 Å². The van der Waals surface area contributed by atoms with Gasteiger partial charge >= 0.3 is 0 Å². The average molecular weight is 270 g/mol. The van der Waals surface area contributed by atoms with Gasteiger partial charge in [-0.3, -0.25) is 4.57 Å². The number of benzene rings is 2. The van der Waals surface area contributed by atoms with Crippen LogP contribution in [0.4, 0.5) is 0 Å². The molecule has 0 saturated heterocycles. The molecule has 1 unspecified atom stereocenters. The van der Waals surface area contributed by atoms with E-state index >= 15 is 0 Å². The van der Waals surface area contributed by atoms with Crippen LogP contribution in [0.25, 0.3) is 0 Å². The Morgan fingerprint density at radius 3 is 2.25 bits per heavy atom. The van der Waals surface area contributed by atoms with Crippen LogP contribution < -0.4 is 10.6 Å². The van der Waals surface area contributed by atoms with Gasteiger partial charge in [-0.15, -0.1) is 0 Å². The SMILES string of the molecule is O=[P](c1ccccc1)c1cccc(Cl)c1Cl. The van der Waals surface area contributed by atoms with Gasteiger partial charge in [0, 0.05) is 5.30 Å². The highest BCUT2D eigenvalue weighted by Crippen LogP contribution is 2.28. The fourth-order valence-corrected chi connectivity index (χ4v) is 3.19. The largest absolute Gasteiger partial charge is 0.277 e. The smallest absolute Gasteiger partial charge is 0.138 e. The van der Waals surface area contributed by atoms with E-state index in [0.717, 1.165) is 5.30 Å². The van der Waals surface area contributed by atoms with Gasteiger partial charge in [-0.05, 0) is 24.3 Å². The fraction of sp³-hybridized carbons (Fsp3) is 0. The molecule has 0 aliphatic carbocycles. The molecule has 0 amide bonds. The van der Waals surface area contributed by atoms with Crippen LogP contribution in [-0.2, 0) is 4.57 Å². The van der Waals surface area contributed by atoms with Crippen LogP contribution in [-0.4, -0.2) is 0 Å². The number of hydrogen-bond acceptors (Lipinski definition) is 1. The van der Waals surface area contributed by atoms with Gasteiger partial charge in [0.05, 0.1) is 15.3 Å². The number of halogens is 2. The Morgan fingerprint density at radius 1 is 0.875 bits per heavy atom. The molecule has 2 aromatic rings. The maximum Gasteiger partial charge on any atom is 0.138 e. The second-order valence-corrected chi connectivity index (χ2v) is 5.57. The second-order valence-electron chi connectivity index (χ2n) is 3.20. The first-order valence-corrected chi connectivity index (χ1v) is 6.68. The van der Waals surface area contributed by atoms with Gasteiger partial charge in [0.25, 0.3) is 0 Å². The van der Waals surface area contributed by atoms with E-state index in [-0.39, 0.29) is 0 Å². The first-order valence-electron chi connectivity index (χ1n) is 4.66. The summed E-state index contributed by atoms with van der Waals surface area (Å²) in [5, 5.41) is 2.13. The van der Waals surface area contributed by atoms with Crippen molar-refractivity contribution >= 4 is 41.6 Å². The summed E-state index contributed by atoms with van der Waals surface area (Å²) < 4.78 is 12.2. The number of rotatable bonds is 2. The van der Waals surface area contributed by atoms with E-state index in [4.69, 9.17) is 23.2 Å². The van der Waals surface area contributed by atoms with Crippen LogP contribution in [0.15, 0.2) is 48.5 Å². The molecule has 1 radical (unpaired) electrons. The van der Waals surface area contributed by atoms with Crippen LogP contribution in [0, 0.1) is 0 Å². The lowest BCUT2D eigenvalue weighted by Gasteiger charge is -2.04. The van der Waals surface area contributed by atoms with E-state index in [0.29, 0.717) is 15.3 Å². The van der Waals surface area contributed by atoms with E-state index in [2.05, 4.69) is 0 Å². The molecule has 16 heavy (non-hydrogen) atoms. The third-order valence-electron chi connectivity index (χ3n) is 2.14. The highest BCUT2D eigenvalue weighted by atomic mass is 35.5. The molecule has 0 aliphatic heterocycles. The predicted molar refractivity (Wildman–Crippen MR) is 69.8 cm³/mol. The molecule has 1 atom stereocenters. The topological polar surface area (TPSA) is 17.1 Å². The van der Waals surface area contributed by atoms with Crippen molar-refractivity contribution in [3.63, 3.8) is 0 Å². The van der Waals surface area contributed by atoms with Crippen molar-refractivity contribution in [2.24, 2.45) is 0 Å². The summed E-state index contributed by atoms with van der Waals surface area (Å²) in [6, 6.07) is 14.4. The minimum Gasteiger partial charge on any atom is -0.277 e. The van der Waals surface area contributed by atoms with Gasteiger partial charge in [-0.2, -0.15) is 0 Å². The first-order chi connectivity index (χ1) is 7.70. The van der Waals surface area contributed by atoms with Gasteiger partial charge in [0.2, 0.25) is 0 Å². The molecule has 4 heteroatoms. The van der Waals surface area contributed by atoms with Crippen molar-refractivity contribution in [3.05, 3.63) is 58.6 Å². The lowest BCUT2D eigenvalue weighted by molar-refractivity contribution is 0.598. The van der Waals surface area contributed by atoms with Crippen LogP contribution in [0.3, 0.4) is 0 Å². The normalized spacial score (nSPS) is 11.2. The maximum absolute atomic E-state index is 12.2. The molecule has 81 valence electrons. The predicted octanol–water partition coefficient (Wildman–Crippen LogP) is 3.77. The Kier molecular flexibility index (Phi) is 3.60. The Labute approximate surface area is 105 Å². The van der Waals surface area contributed by atoms with Crippen molar-refractivity contribution in [2.45, 2.75) is 0 Å². The van der Waals surface area contributed by atoms with E-state index in [1.54, 1.807) is 18.2 Å². The van der Waals surface area contributed by atoms with Crippen LogP contribution >= 0.6 is 31.0 Å². The monoisotopic (exact) mass is 269 g/mol. The molecule has 2 rings (SSSR count). The lowest BCUT2D eigenvalue weighted by Crippen LogP contribution is -2.07. The highest BCUT2D eigenvalue weighted by molar-refractivity contribution is 7.61. The number of hydrogen-bond donors (Lipinski definition) is 0. The molecular weight excluding hydrogens is 262 g/mol. The van der Waals surface area contributed by atoms with Crippen LogP contribution in [0.1, 0.15) is 0 Å². The summed E-state index contributed by atoms with van der Waals surface area (Å²) >= 11 is 11.9. The average Bonchev–Trinajstić information content (AvgIpc) is 2.33. The lowest BCUT2D eigenvalue weighted by atomic mass is 10.4. The first kappa shape index (κ1) is 11.6. The summed E-state index contributed by atoms with van der Waals surface area (Å²) in [4.78, 5) is 0. The van der Waals surface area contributed by atoms with Gasteiger partial charge in [-0.25, -0.2) is 0 Å². The summed E-state index contributed by atoms with van der Waals surface area (Å²) in [7, 11) is -1.67. The zero-order chi connectivity index (χ0) is 11.5. The van der Waals surface area contributed by atoms with Crippen molar-refractivity contribution in [2.75, 3.05) is 0 Å². The third kappa shape index (κ3) is 2.27. The molecular formula is C12H8Cl2OP. The highest BCUT2D eigenvalue weighted by Gasteiger charge is 2.13. The molecule has 2 aromatic carbocycles. The molecule has 0 fully saturated rings. The van der Waals surface area contributed by atoms with Gasteiger partial charge in [0.15, 0.2) is 0 Å². The summed E-state index contributed by atoms with van der Waals surface area (Å²) in [5.74, 6) is 0. The molecule has 1 nitrogen and oxygen atoms in total. The summed E-state index contributed by atoms with van der Waals surface area (Å²) in [6.07, 6.45) is 0. The summed E-state index contributed by atoms with van der Waals surface area (Å²) in [5.41, 5.74) is 0. The quantitative estimate of drug-likeness (QED) is 0.759. The maximum atomic E-state index is 12.2. The molecule has 0 spiro atoms. The zero-order valence-corrected chi connectivity index (χ0v) is 10.6. The van der Waals surface area contributed by atoms with Crippen molar-refractivity contribution < 1.29 is 4.57 Å². The molecule has 0 N–H and O–H groups in total. The summed E-state index contributed by atoms with van der Waals surface area (Å²) in [6.45, 7) is 0. The van der Waals surface area contributed by atoms with E-state index < -0.39 is 7.80 Å². The zero-order valence-electron chi connectivity index (χ0n) is 8.23. The second kappa shape index (κ2) is 4.97. The Bertz CT molecular complexity index is 526. The standard InChI is InChI=1S/C12H8Cl2OP/c13-10-7-4-8-11(12(10)14)16(15)9-5-2-1-3-6-9/h1-8H. The van der Waals surface area contributed by atoms with Crippen LogP contribution in [0.5, 0.6) is 0 Å². The molecule has 0 saturated carbocycles. The van der Waals surface area contributed by atoms with Gasteiger partial charge < -0.3 is 0 Å². The van der Waals surface area contributed by atoms with Crippen LogP contribution in [0.2, 0.25) is 10.0 Å². The minimum absolute atomic E-state index is 0.370. The Hall–Kier alpha value is -0.880. The molecule has 0 heterocycles. The van der Waals surface area contributed by atoms with Crippen molar-refractivity contribution in [1.82, 2.24) is 0 Å². The fourth-order valence-electron chi connectivity index (χ4n) is 1.35. The molecule has 0 aromatic heterocycles. The van der Waals surface area contributed by atoms with Crippen molar-refractivity contribution in [1.29, 1.82) is 0 Å². The molecule has 0 bridgehead atoms. The van der Waals surface area contributed by atoms with E-state index in [1.165, 1.54) is 0 Å². The van der Waals surface area contributed by atoms with E-state index in [9.17, 15) is 4.57 Å². The van der Waals surface area contributed by atoms with Gasteiger partial charge in [-0.1, -0.05) is 47.5 Å². The van der Waals surface area contributed by atoms with Crippen molar-refractivity contribution in [3.8, 4) is 0 Å². The minimum atomic E-state index is -1.67.